The average molecular weight is 1660 g/mol. The Labute approximate surface area is 671 Å². The van der Waals surface area contributed by atoms with Crippen molar-refractivity contribution in [1.29, 1.82) is 0 Å². The topological polar surface area (TPSA) is 193 Å². The van der Waals surface area contributed by atoms with E-state index in [0.717, 1.165) is 46.3 Å². The molecule has 0 aliphatic carbocycles. The van der Waals surface area contributed by atoms with Crippen LogP contribution < -0.4 is 21.6 Å². The molecule has 2 atom stereocenters. The number of rotatable bonds is 18. The van der Waals surface area contributed by atoms with Crippen molar-refractivity contribution in [2.45, 2.75) is 60.5 Å². The first-order valence-electron chi connectivity index (χ1n) is 31.6. The fraction of sp³-hybridized carbons (Fsp3) is 0.183. The first-order valence-corrected chi connectivity index (χ1v) is 37.5. The summed E-state index contributed by atoms with van der Waals surface area (Å²) in [6.07, 6.45) is 0. The van der Waals surface area contributed by atoms with Gasteiger partial charge in [0, 0.05) is 96.0 Å². The number of ether oxygens (including phenoxy) is 3. The van der Waals surface area contributed by atoms with E-state index < -0.39 is 18.2 Å². The van der Waals surface area contributed by atoms with Crippen LogP contribution in [0.1, 0.15) is 107 Å². The van der Waals surface area contributed by atoms with Crippen LogP contribution >= 0.6 is 41.5 Å². The number of aliphatic imine (C=N–C) groups is 1. The second kappa shape index (κ2) is 49.6. The fourth-order valence-corrected chi connectivity index (χ4v) is 17.0. The summed E-state index contributed by atoms with van der Waals surface area (Å²) in [5, 5.41) is 16.6. The second-order valence-electron chi connectivity index (χ2n) is 22.3. The molecule has 13 nitrogen and oxygen atoms in total. The van der Waals surface area contributed by atoms with Gasteiger partial charge in [-0.05, 0) is 106 Å². The Morgan fingerprint density at radius 1 is 0.578 bits per heavy atom. The standard InChI is InChI=1S/C18H15P2S.C16H14NO.C12H15NO3.C11H12O3.C9H9BrO.C9H13NO.C7H4ClO.2Y/c21-19-20(16-10-4-1-5-11-16,17-12-6-2-7-13-17)18-14-8-3-9-15-18;1-12-7-9-13(10-8-12)15-11-18-16(17-15)14-5-3-2-4-6-14;1-9-4-6-11(7-5-9)12(13-15-3)8-16-10(2)14;1-8-3-5-10(6-4-8)11(13)7-14-9(2)12;1-7-2-4-8(5-3-7)9(11)6-10;1-7-2-4-8(5-3-7)9(10)6-11;8-7(9)6-4-2-1-3-5-6;;/h1-15H;3-10,15H,11H2,1H3;4-7H,8H2,1-3H3;3-6H,7H2,1-2H3;2-5H,6H2,1H3;2-5,9,11H,6,10H2,1H3;2-5H;;/q+1;-1;;;;;-1;;/b;;13-12+;;;;;;. The molecule has 1 heterocycles. The Balaban J connectivity index is 0.000000313. The maximum Gasteiger partial charge on any atom is 0.303 e. The molecule has 2 radical (unpaired) electrons. The summed E-state index contributed by atoms with van der Waals surface area (Å²) >= 11 is 13.9. The zero-order valence-electron chi connectivity index (χ0n) is 58.3. The number of halogens is 2. The van der Waals surface area contributed by atoms with Gasteiger partial charge in [-0.2, -0.15) is 60.7 Å². The van der Waals surface area contributed by atoms with E-state index in [1.165, 1.54) is 59.1 Å². The minimum atomic E-state index is -1.75. The number of alkyl halides is 1. The number of aliphatic hydroxyl groups is 1. The van der Waals surface area contributed by atoms with Gasteiger partial charge < -0.3 is 29.9 Å². The number of aryl methyl sites for hydroxylation is 5. The number of hydrogen-bond donors (Lipinski definition) is 2. The van der Waals surface area contributed by atoms with Gasteiger partial charge in [0.25, 0.3) is 0 Å². The Kier molecular flexibility index (Phi) is 43.3. The molecule has 0 amide bonds. The van der Waals surface area contributed by atoms with Crippen LogP contribution in [0.3, 0.4) is 0 Å². The van der Waals surface area contributed by atoms with E-state index in [-0.39, 0.29) is 115 Å². The van der Waals surface area contributed by atoms with Gasteiger partial charge in [-0.3, -0.25) is 24.0 Å². The van der Waals surface area contributed by atoms with Crippen molar-refractivity contribution < 1.29 is 114 Å². The second-order valence-corrected chi connectivity index (χ2v) is 30.0. The minimum absolute atomic E-state index is 0. The summed E-state index contributed by atoms with van der Waals surface area (Å²) in [7, 11) is 2.47. The van der Waals surface area contributed by atoms with Gasteiger partial charge >= 0.3 is 11.9 Å². The quantitative estimate of drug-likeness (QED) is 0.0121. The molecule has 0 spiro atoms. The maximum absolute atomic E-state index is 11.4. The predicted molar refractivity (Wildman–Crippen MR) is 415 cm³/mol. The Hall–Kier alpha value is -7.06. The Bertz CT molecular complexity index is 4080. The first kappa shape index (κ1) is 89.2. The number of oxime groups is 1. The smallest absolute Gasteiger partial charge is 0.303 e. The van der Waals surface area contributed by atoms with Crippen LogP contribution in [0, 0.1) is 46.8 Å². The zero-order valence-corrected chi connectivity index (χ0v) is 68.9. The number of carbonyl (C=O) groups excluding carboxylic acids is 5. The SMILES string of the molecule is CC(=O)OCC(=O)c1ccc(C)cc1.CO/N=C(\COC(C)=O)c1ccc(C)cc1.Cc1ccc(C(=O)CBr)cc1.Cc1ccc(C(N)CO)cc1.Cc1ccc(C2COC(c3cc[c-]cc3)=N2)cc1.O=C(Cl)c1cc[c-]cc1.S=P[P+](c1ccccc1)(c1ccccc1)c1ccccc1.[Y].[Y]. The summed E-state index contributed by atoms with van der Waals surface area (Å²) in [5.74, 6) is -0.0962. The maximum atomic E-state index is 11.4. The van der Waals surface area contributed by atoms with Crippen LogP contribution in [-0.4, -0.2) is 84.3 Å². The molecule has 0 saturated carbocycles. The van der Waals surface area contributed by atoms with Crippen molar-refractivity contribution in [1.82, 2.24) is 0 Å². The number of nitrogens with zero attached hydrogens (tertiary/aromatic N) is 2. The molecule has 0 saturated heterocycles. The molecule has 0 fully saturated rings. The van der Waals surface area contributed by atoms with Gasteiger partial charge in [0.2, 0.25) is 5.24 Å². The summed E-state index contributed by atoms with van der Waals surface area (Å²) < 4.78 is 15.2. The molecule has 0 aromatic heterocycles. The van der Waals surface area contributed by atoms with E-state index in [1.54, 1.807) is 36.4 Å². The molecule has 11 rings (SSSR count). The molecule has 522 valence electrons. The van der Waals surface area contributed by atoms with Crippen LogP contribution in [0.25, 0.3) is 0 Å². The van der Waals surface area contributed by atoms with Gasteiger partial charge in [-0.1, -0.05) is 236 Å². The van der Waals surface area contributed by atoms with Crippen LogP contribution in [0.2, 0.25) is 0 Å². The van der Waals surface area contributed by atoms with Gasteiger partial charge in [0.05, 0.1) is 18.0 Å². The van der Waals surface area contributed by atoms with E-state index in [0.29, 0.717) is 28.8 Å². The number of nitrogens with two attached hydrogens (primary N) is 1. The molecular weight excluding hydrogens is 1570 g/mol. The third-order valence-electron chi connectivity index (χ3n) is 14.5. The summed E-state index contributed by atoms with van der Waals surface area (Å²) in [4.78, 5) is 63.4. The zero-order chi connectivity index (χ0) is 72.7. The fourth-order valence-electron chi connectivity index (χ4n) is 8.97. The number of esters is 2. The van der Waals surface area contributed by atoms with Crippen molar-refractivity contribution in [3.8, 4) is 0 Å². The van der Waals surface area contributed by atoms with E-state index in [4.69, 9.17) is 48.6 Å². The molecule has 102 heavy (non-hydrogen) atoms. The molecule has 1 aliphatic rings. The molecule has 10 aromatic rings. The number of Topliss-reactive ketones (excluding diaryl/α,β-unsaturated/α-hetero) is 2. The van der Waals surface area contributed by atoms with Crippen molar-refractivity contribution in [3.05, 3.63) is 340 Å². The number of benzene rings is 10. The van der Waals surface area contributed by atoms with Crippen LogP contribution in [0.4, 0.5) is 0 Å². The van der Waals surface area contributed by atoms with Gasteiger partial charge in [0.15, 0.2) is 38.1 Å². The van der Waals surface area contributed by atoms with E-state index in [9.17, 15) is 24.0 Å². The van der Waals surface area contributed by atoms with Crippen LogP contribution in [0.15, 0.2) is 271 Å². The first-order chi connectivity index (χ1) is 48.2. The summed E-state index contributed by atoms with van der Waals surface area (Å²) in [6.45, 7) is 11.5. The number of carbonyl (C=O) groups is 5. The number of hydrogen-bond acceptors (Lipinski definition) is 14. The van der Waals surface area contributed by atoms with Crippen LogP contribution in [-0.2, 0) is 106 Å². The number of aliphatic hydroxyl groups excluding tert-OH is 1. The Morgan fingerprint density at radius 2 is 0.961 bits per heavy atom. The predicted octanol–water partition coefficient (Wildman–Crippen LogP) is 16.7. The van der Waals surface area contributed by atoms with Crippen LogP contribution in [0.5, 0.6) is 0 Å². The number of ketones is 2. The molecular formula is C82H82BrClN3O10P2SY2-. The molecule has 20 heteroatoms. The van der Waals surface area contributed by atoms with E-state index in [2.05, 4.69) is 165 Å². The minimum Gasteiger partial charge on any atom is -0.476 e. The Morgan fingerprint density at radius 3 is 1.33 bits per heavy atom. The third kappa shape index (κ3) is 31.5. The van der Waals surface area contributed by atoms with Crippen molar-refractivity contribution >= 4 is 110 Å². The molecule has 2 unspecified atom stereocenters. The molecule has 1 aliphatic heterocycles. The summed E-state index contributed by atoms with van der Waals surface area (Å²) in [6, 6.07) is 90.8. The molecule has 10 aromatic carbocycles. The van der Waals surface area contributed by atoms with E-state index in [1.807, 2.05) is 137 Å². The summed E-state index contributed by atoms with van der Waals surface area (Å²) in [5.41, 5.74) is 18.0. The van der Waals surface area contributed by atoms with Crippen molar-refractivity contribution in [3.63, 3.8) is 0 Å². The molecule has 3 N–H and O–H groups in total. The average Bonchev–Trinajstić information content (AvgIpc) is 0.892. The van der Waals surface area contributed by atoms with Gasteiger partial charge in [-0.15, -0.1) is 0 Å². The van der Waals surface area contributed by atoms with Gasteiger partial charge in [-0.25, -0.2) is 4.99 Å². The van der Waals surface area contributed by atoms with Crippen molar-refractivity contribution in [2.75, 3.05) is 38.9 Å². The van der Waals surface area contributed by atoms with Crippen molar-refractivity contribution in [2.24, 2.45) is 15.9 Å². The third-order valence-corrected chi connectivity index (χ3v) is 23.6. The van der Waals surface area contributed by atoms with Gasteiger partial charge in [0.1, 0.15) is 48.0 Å². The largest absolute Gasteiger partial charge is 0.476 e. The monoisotopic (exact) mass is 1650 g/mol. The molecule has 0 bridgehead atoms. The normalized spacial score (nSPS) is 11.9. The van der Waals surface area contributed by atoms with E-state index >= 15 is 0 Å².